The Morgan fingerprint density at radius 3 is 2.32 bits per heavy atom. The quantitative estimate of drug-likeness (QED) is 0.331. The van der Waals surface area contributed by atoms with Gasteiger partial charge in [0.05, 0.1) is 5.03 Å². The summed E-state index contributed by atoms with van der Waals surface area (Å²) < 4.78 is 10.3. The summed E-state index contributed by atoms with van der Waals surface area (Å²) in [4.78, 5) is 11.8. The number of nitrogens with one attached hydrogen (secondary N) is 2. The number of thiol groups is 1. The molecule has 0 fully saturated rings. The summed E-state index contributed by atoms with van der Waals surface area (Å²) in [6, 6.07) is 19.4. The molecule has 2 aromatic rings. The highest BCUT2D eigenvalue weighted by atomic mass is 32.1. The molecule has 126 valence electrons. The number of hydrogen-bond donors (Lipinski definition) is 3. The number of ether oxygens (including phenoxy) is 2. The van der Waals surface area contributed by atoms with Crippen LogP contribution in [-0.2, 0) is 11.3 Å². The van der Waals surface area contributed by atoms with E-state index in [1.54, 1.807) is 36.4 Å². The highest BCUT2D eigenvalue weighted by Gasteiger charge is 2.15. The zero-order chi connectivity index (χ0) is 18.1. The largest absolute Gasteiger partial charge is 0.472 e. The molecule has 0 aliphatic heterocycles. The summed E-state index contributed by atoms with van der Waals surface area (Å²) in [7, 11) is 0. The summed E-state index contributed by atoms with van der Waals surface area (Å²) >= 11 is 4.05. The van der Waals surface area contributed by atoms with Gasteiger partial charge >= 0.3 is 6.09 Å². The van der Waals surface area contributed by atoms with Gasteiger partial charge in [-0.3, -0.25) is 10.7 Å². The van der Waals surface area contributed by atoms with Gasteiger partial charge in [0.1, 0.15) is 24.0 Å². The lowest BCUT2D eigenvalue weighted by molar-refractivity contribution is 0.204. The minimum Gasteiger partial charge on any atom is -0.472 e. The Balaban J connectivity index is 1.97. The monoisotopic (exact) mass is 353 g/mol. The first-order chi connectivity index (χ1) is 12.1. The summed E-state index contributed by atoms with van der Waals surface area (Å²) in [5.74, 6) is -0.0496. The van der Waals surface area contributed by atoms with E-state index in [1.807, 2.05) is 30.3 Å². The average molecular weight is 353 g/mol. The van der Waals surface area contributed by atoms with Crippen molar-refractivity contribution in [2.24, 2.45) is 0 Å². The first-order valence-electron chi connectivity index (χ1n) is 7.23. The molecule has 6 nitrogen and oxygen atoms in total. The molecule has 0 aliphatic carbocycles. The number of hydrogen-bond acceptors (Lipinski definition) is 6. The van der Waals surface area contributed by atoms with Gasteiger partial charge in [-0.15, -0.1) is 12.6 Å². The van der Waals surface area contributed by atoms with E-state index in [1.165, 1.54) is 0 Å². The Morgan fingerprint density at radius 1 is 1.12 bits per heavy atom. The van der Waals surface area contributed by atoms with Crippen LogP contribution in [-0.4, -0.2) is 12.0 Å². The van der Waals surface area contributed by atoms with Crippen LogP contribution >= 0.6 is 12.6 Å². The third-order valence-electron chi connectivity index (χ3n) is 2.98. The molecule has 0 bridgehead atoms. The molecular formula is C18H15N3O3S. The van der Waals surface area contributed by atoms with E-state index in [2.05, 4.69) is 17.9 Å². The van der Waals surface area contributed by atoms with Crippen LogP contribution in [0.1, 0.15) is 5.56 Å². The van der Waals surface area contributed by atoms with Gasteiger partial charge in [-0.05, 0) is 17.7 Å². The molecule has 1 amide bonds. The smallest absolute Gasteiger partial charge is 0.417 e. The van der Waals surface area contributed by atoms with Crippen molar-refractivity contribution in [3.8, 4) is 11.8 Å². The molecule has 0 spiro atoms. The van der Waals surface area contributed by atoms with Crippen molar-refractivity contribution in [1.29, 1.82) is 10.7 Å². The van der Waals surface area contributed by atoms with Crippen LogP contribution in [0.2, 0.25) is 0 Å². The number of amides is 1. The van der Waals surface area contributed by atoms with E-state index < -0.39 is 12.0 Å². The molecule has 7 heteroatoms. The second kappa shape index (κ2) is 9.15. The van der Waals surface area contributed by atoms with Crippen LogP contribution in [0, 0.1) is 16.7 Å². The van der Waals surface area contributed by atoms with Crippen LogP contribution in [0.25, 0.3) is 0 Å². The molecule has 2 rings (SSSR count). The molecule has 0 heterocycles. The molecule has 0 radical (unpaired) electrons. The Morgan fingerprint density at radius 2 is 1.72 bits per heavy atom. The van der Waals surface area contributed by atoms with Crippen LogP contribution in [0.4, 0.5) is 4.79 Å². The maximum absolute atomic E-state index is 11.8. The predicted octanol–water partition coefficient (Wildman–Crippen LogP) is 3.63. The Kier molecular flexibility index (Phi) is 6.63. The Bertz CT molecular complexity index is 814. The molecule has 2 N–H and O–H groups in total. The molecule has 0 aromatic heterocycles. The summed E-state index contributed by atoms with van der Waals surface area (Å²) in [5.41, 5.74) is 0.644. The zero-order valence-electron chi connectivity index (χ0n) is 13.1. The maximum Gasteiger partial charge on any atom is 0.417 e. The normalized spacial score (nSPS) is 10.9. The van der Waals surface area contributed by atoms with E-state index in [0.29, 0.717) is 5.75 Å². The first kappa shape index (κ1) is 18.1. The van der Waals surface area contributed by atoms with Crippen molar-refractivity contribution in [2.75, 3.05) is 0 Å². The average Bonchev–Trinajstić information content (AvgIpc) is 2.62. The summed E-state index contributed by atoms with van der Waals surface area (Å²) in [6.07, 6.45) is -0.820. The number of nitrogens with zero attached hydrogens (tertiary/aromatic N) is 1. The molecule has 25 heavy (non-hydrogen) atoms. The third kappa shape index (κ3) is 5.71. The molecule has 0 aliphatic rings. The molecule has 0 atom stereocenters. The Hall–Kier alpha value is -3.24. The lowest BCUT2D eigenvalue weighted by Gasteiger charge is -2.10. The van der Waals surface area contributed by atoms with Crippen LogP contribution in [0.5, 0.6) is 5.75 Å². The van der Waals surface area contributed by atoms with Gasteiger partial charge in [-0.1, -0.05) is 48.5 Å². The molecule has 2 aromatic carbocycles. The minimum absolute atomic E-state index is 0.124. The highest BCUT2D eigenvalue weighted by Crippen LogP contribution is 2.12. The fourth-order valence-corrected chi connectivity index (χ4v) is 2.04. The minimum atomic E-state index is -0.820. The van der Waals surface area contributed by atoms with Gasteiger partial charge in [-0.2, -0.15) is 5.26 Å². The second-order valence-electron chi connectivity index (χ2n) is 4.77. The fraction of sp³-hybridized carbons (Fsp3) is 0.0556. The van der Waals surface area contributed by atoms with Crippen LogP contribution in [0.15, 0.2) is 71.3 Å². The van der Waals surface area contributed by atoms with Gasteiger partial charge in [0.15, 0.2) is 0 Å². The van der Waals surface area contributed by atoms with Crippen LogP contribution < -0.4 is 10.1 Å². The lowest BCUT2D eigenvalue weighted by atomic mass is 10.2. The van der Waals surface area contributed by atoms with E-state index in [9.17, 15) is 10.1 Å². The van der Waals surface area contributed by atoms with Crippen molar-refractivity contribution < 1.29 is 14.3 Å². The SMILES string of the molecule is N#C/C(C(=N)OCc1ccccc1)=C(/S)NC(=O)Oc1ccccc1. The van der Waals surface area contributed by atoms with Gasteiger partial charge in [0.2, 0.25) is 5.90 Å². The number of benzene rings is 2. The second-order valence-corrected chi connectivity index (χ2v) is 5.21. The van der Waals surface area contributed by atoms with Crippen LogP contribution in [0.3, 0.4) is 0 Å². The number of rotatable bonds is 5. The van der Waals surface area contributed by atoms with E-state index >= 15 is 0 Å². The topological polar surface area (TPSA) is 95.2 Å². The van der Waals surface area contributed by atoms with E-state index in [-0.39, 0.29) is 17.2 Å². The summed E-state index contributed by atoms with van der Waals surface area (Å²) in [5, 5.41) is 19.2. The van der Waals surface area contributed by atoms with Gasteiger partial charge in [0.25, 0.3) is 0 Å². The van der Waals surface area contributed by atoms with Crippen molar-refractivity contribution in [3.63, 3.8) is 0 Å². The Labute approximate surface area is 150 Å². The maximum atomic E-state index is 11.8. The van der Waals surface area contributed by atoms with E-state index in [0.717, 1.165) is 5.56 Å². The highest BCUT2D eigenvalue weighted by molar-refractivity contribution is 7.84. The van der Waals surface area contributed by atoms with Crippen molar-refractivity contribution in [1.82, 2.24) is 5.32 Å². The number of carbonyl (C=O) groups is 1. The lowest BCUT2D eigenvalue weighted by Crippen LogP contribution is -2.26. The van der Waals surface area contributed by atoms with Crippen molar-refractivity contribution in [3.05, 3.63) is 76.8 Å². The predicted molar refractivity (Wildman–Crippen MR) is 96.2 cm³/mol. The number of carbonyl (C=O) groups excluding carboxylic acids is 1. The first-order valence-corrected chi connectivity index (χ1v) is 7.67. The molecule has 0 saturated heterocycles. The molecule has 0 saturated carbocycles. The van der Waals surface area contributed by atoms with Gasteiger partial charge < -0.3 is 9.47 Å². The molecular weight excluding hydrogens is 338 g/mol. The van der Waals surface area contributed by atoms with Crippen molar-refractivity contribution in [2.45, 2.75) is 6.61 Å². The van der Waals surface area contributed by atoms with Crippen molar-refractivity contribution >= 4 is 24.6 Å². The zero-order valence-corrected chi connectivity index (χ0v) is 14.0. The fourth-order valence-electron chi connectivity index (χ4n) is 1.79. The summed E-state index contributed by atoms with van der Waals surface area (Å²) in [6.45, 7) is 0.125. The standard InChI is InChI=1S/C18H15N3O3S/c19-11-15(16(20)23-12-13-7-3-1-4-8-13)17(25)21-18(22)24-14-9-5-2-6-10-14/h1-10,20,25H,12H2,(H,21,22)/b17-15-,20-16?. The van der Waals surface area contributed by atoms with Gasteiger partial charge in [-0.25, -0.2) is 4.79 Å². The van der Waals surface area contributed by atoms with E-state index in [4.69, 9.17) is 14.9 Å². The number of nitriles is 1. The molecule has 0 unspecified atom stereocenters. The van der Waals surface area contributed by atoms with Gasteiger partial charge in [0, 0.05) is 0 Å². The third-order valence-corrected chi connectivity index (χ3v) is 3.31. The number of para-hydroxylation sites is 1.